The molecule has 0 spiro atoms. The average Bonchev–Trinajstić information content (AvgIpc) is 3.49. The average molecular weight is 543 g/mol. The number of ketones is 1. The molecule has 2 saturated heterocycles. The van der Waals surface area contributed by atoms with Crippen molar-refractivity contribution in [3.8, 4) is 11.4 Å². The summed E-state index contributed by atoms with van der Waals surface area (Å²) in [5.41, 5.74) is 2.62. The van der Waals surface area contributed by atoms with Crippen molar-refractivity contribution in [3.05, 3.63) is 95.8 Å². The maximum absolute atomic E-state index is 13.5. The van der Waals surface area contributed by atoms with Crippen molar-refractivity contribution in [1.82, 2.24) is 19.6 Å². The van der Waals surface area contributed by atoms with E-state index in [0.717, 1.165) is 25.3 Å². The van der Waals surface area contributed by atoms with Gasteiger partial charge in [-0.2, -0.15) is 5.10 Å². The van der Waals surface area contributed by atoms with E-state index in [1.165, 1.54) is 6.20 Å². The van der Waals surface area contributed by atoms with Gasteiger partial charge in [0.15, 0.2) is 0 Å². The predicted molar refractivity (Wildman–Crippen MR) is 151 cm³/mol. The van der Waals surface area contributed by atoms with Crippen LogP contribution in [-0.4, -0.2) is 82.4 Å². The number of carbonyl (C=O) groups excluding carboxylic acids is 2. The summed E-state index contributed by atoms with van der Waals surface area (Å²) in [5, 5.41) is 16.1. The van der Waals surface area contributed by atoms with Gasteiger partial charge in [-0.15, -0.1) is 0 Å². The van der Waals surface area contributed by atoms with E-state index in [0.29, 0.717) is 55.4 Å². The number of aromatic nitrogens is 2. The molecular formula is C31H34N4O5. The third-order valence-corrected chi connectivity index (χ3v) is 7.32. The maximum Gasteiger partial charge on any atom is 0.295 e. The summed E-state index contributed by atoms with van der Waals surface area (Å²) < 4.78 is 12.9. The van der Waals surface area contributed by atoms with Crippen LogP contribution in [0.15, 0.2) is 79.0 Å². The second-order valence-electron chi connectivity index (χ2n) is 9.86. The van der Waals surface area contributed by atoms with Crippen LogP contribution in [-0.2, 0) is 14.3 Å². The molecule has 1 N–H and O–H groups in total. The molecule has 0 aliphatic carbocycles. The summed E-state index contributed by atoms with van der Waals surface area (Å²) in [5.74, 6) is -0.988. The van der Waals surface area contributed by atoms with Crippen LogP contribution in [0, 0.1) is 6.92 Å². The number of hydrogen-bond acceptors (Lipinski definition) is 7. The number of carbonyl (C=O) groups is 2. The summed E-state index contributed by atoms with van der Waals surface area (Å²) in [6.45, 7) is 10.1. The van der Waals surface area contributed by atoms with Crippen LogP contribution in [0.2, 0.25) is 0 Å². The minimum absolute atomic E-state index is 0.0490. The second kappa shape index (κ2) is 12.3. The molecule has 2 aliphatic heterocycles. The number of morpholine rings is 1. The van der Waals surface area contributed by atoms with Gasteiger partial charge in [-0.1, -0.05) is 43.0 Å². The number of hydrogen-bond donors (Lipinski definition) is 1. The highest BCUT2D eigenvalue weighted by atomic mass is 16.5. The topological polar surface area (TPSA) is 97.1 Å². The Morgan fingerprint density at radius 3 is 2.65 bits per heavy atom. The van der Waals surface area contributed by atoms with Gasteiger partial charge in [0.1, 0.15) is 18.1 Å². The van der Waals surface area contributed by atoms with E-state index in [4.69, 9.17) is 9.47 Å². The normalized spacial score (nSPS) is 19.2. The summed E-state index contributed by atoms with van der Waals surface area (Å²) in [7, 11) is 0. The number of benzene rings is 2. The summed E-state index contributed by atoms with van der Waals surface area (Å²) in [6.07, 6.45) is 3.86. The number of aliphatic hydroxyl groups excluding tert-OH is 1. The first-order chi connectivity index (χ1) is 19.5. The zero-order valence-electron chi connectivity index (χ0n) is 22.7. The molecular weight excluding hydrogens is 508 g/mol. The van der Waals surface area contributed by atoms with Crippen LogP contribution in [0.25, 0.3) is 11.4 Å². The molecule has 9 nitrogen and oxygen atoms in total. The molecule has 3 aromatic rings. The molecule has 1 aromatic heterocycles. The van der Waals surface area contributed by atoms with Crippen molar-refractivity contribution in [2.75, 3.05) is 46.0 Å². The van der Waals surface area contributed by atoms with E-state index in [9.17, 15) is 14.7 Å². The van der Waals surface area contributed by atoms with Gasteiger partial charge < -0.3 is 19.5 Å². The summed E-state index contributed by atoms with van der Waals surface area (Å²) in [4.78, 5) is 30.8. The predicted octanol–water partition coefficient (Wildman–Crippen LogP) is 3.89. The minimum Gasteiger partial charge on any atom is -0.507 e. The van der Waals surface area contributed by atoms with Crippen LogP contribution < -0.4 is 4.74 Å². The van der Waals surface area contributed by atoms with Crippen LogP contribution in [0.1, 0.15) is 29.3 Å². The molecule has 2 fully saturated rings. The van der Waals surface area contributed by atoms with Gasteiger partial charge >= 0.3 is 0 Å². The number of amides is 1. The first-order valence-corrected chi connectivity index (χ1v) is 13.5. The van der Waals surface area contributed by atoms with Crippen molar-refractivity contribution in [3.63, 3.8) is 0 Å². The number of ether oxygens (including phenoxy) is 2. The summed E-state index contributed by atoms with van der Waals surface area (Å²) >= 11 is 0. The number of likely N-dealkylation sites (tertiary alicyclic amines) is 1. The lowest BCUT2D eigenvalue weighted by molar-refractivity contribution is -0.140. The number of para-hydroxylation sites is 1. The van der Waals surface area contributed by atoms with Gasteiger partial charge in [0.25, 0.3) is 11.7 Å². The quantitative estimate of drug-likeness (QED) is 0.180. The highest BCUT2D eigenvalue weighted by molar-refractivity contribution is 6.46. The number of Topliss-reactive ketones (excluding diaryl/α,β-unsaturated/α-hetero) is 1. The Bertz CT molecular complexity index is 1410. The Morgan fingerprint density at radius 2 is 1.90 bits per heavy atom. The minimum atomic E-state index is -0.767. The molecule has 0 radical (unpaired) electrons. The Balaban J connectivity index is 1.52. The SMILES string of the molecule is C=CCOc1cccc(C2/C(=C(\O)c3cnn(-c4ccccc4)c3C)C(=O)C(=O)N2CCCN2CCOCC2)c1. The van der Waals surface area contributed by atoms with Gasteiger partial charge in [-0.05, 0) is 43.2 Å². The van der Waals surface area contributed by atoms with Crippen molar-refractivity contribution in [2.24, 2.45) is 0 Å². The maximum atomic E-state index is 13.5. The fraction of sp³-hybridized carbons (Fsp3) is 0.323. The molecule has 0 bridgehead atoms. The molecule has 40 heavy (non-hydrogen) atoms. The summed E-state index contributed by atoms with van der Waals surface area (Å²) in [6, 6.07) is 16.1. The highest BCUT2D eigenvalue weighted by Gasteiger charge is 2.46. The lowest BCUT2D eigenvalue weighted by atomic mass is 9.95. The third-order valence-electron chi connectivity index (χ3n) is 7.32. The molecule has 0 saturated carbocycles. The Morgan fingerprint density at radius 1 is 1.12 bits per heavy atom. The Labute approximate surface area is 233 Å². The van der Waals surface area contributed by atoms with Gasteiger partial charge in [-0.25, -0.2) is 4.68 Å². The van der Waals surface area contributed by atoms with Crippen molar-refractivity contribution >= 4 is 17.4 Å². The molecule has 1 amide bonds. The van der Waals surface area contributed by atoms with Crippen molar-refractivity contribution < 1.29 is 24.2 Å². The van der Waals surface area contributed by atoms with E-state index in [2.05, 4.69) is 16.6 Å². The number of rotatable bonds is 10. The van der Waals surface area contributed by atoms with Crippen LogP contribution in [0.5, 0.6) is 5.75 Å². The molecule has 3 heterocycles. The van der Waals surface area contributed by atoms with E-state index in [1.54, 1.807) is 15.7 Å². The smallest absolute Gasteiger partial charge is 0.295 e. The monoisotopic (exact) mass is 542 g/mol. The van der Waals surface area contributed by atoms with Gasteiger partial charge in [-0.3, -0.25) is 14.5 Å². The fourth-order valence-corrected chi connectivity index (χ4v) is 5.29. The van der Waals surface area contributed by atoms with Crippen LogP contribution >= 0.6 is 0 Å². The number of nitrogens with zero attached hydrogens (tertiary/aromatic N) is 4. The molecule has 1 atom stereocenters. The van der Waals surface area contributed by atoms with Crippen molar-refractivity contribution in [2.45, 2.75) is 19.4 Å². The van der Waals surface area contributed by atoms with Crippen molar-refractivity contribution in [1.29, 1.82) is 0 Å². The highest BCUT2D eigenvalue weighted by Crippen LogP contribution is 2.41. The Hall–Kier alpha value is -4.21. The van der Waals surface area contributed by atoms with E-state index >= 15 is 0 Å². The van der Waals surface area contributed by atoms with Gasteiger partial charge in [0.05, 0.1) is 48.0 Å². The van der Waals surface area contributed by atoms with E-state index in [-0.39, 0.29) is 11.3 Å². The first-order valence-electron chi connectivity index (χ1n) is 13.5. The third kappa shape index (κ3) is 5.57. The zero-order valence-corrected chi connectivity index (χ0v) is 22.7. The molecule has 208 valence electrons. The Kier molecular flexibility index (Phi) is 8.42. The molecule has 9 heteroatoms. The lowest BCUT2D eigenvalue weighted by Gasteiger charge is -2.29. The van der Waals surface area contributed by atoms with Crippen LogP contribution in [0.3, 0.4) is 0 Å². The number of aliphatic hydroxyl groups is 1. The second-order valence-corrected chi connectivity index (χ2v) is 9.86. The van der Waals surface area contributed by atoms with Gasteiger partial charge in [0.2, 0.25) is 0 Å². The van der Waals surface area contributed by atoms with E-state index in [1.807, 2.05) is 61.5 Å². The van der Waals surface area contributed by atoms with Crippen LogP contribution in [0.4, 0.5) is 0 Å². The molecule has 2 aromatic carbocycles. The standard InChI is InChI=1S/C31H34N4O5/c1-3-17-40-25-12-7-9-23(20-25)28-27(29(36)26-21-32-35(22(26)2)24-10-5-4-6-11-24)30(37)31(38)34(28)14-8-13-33-15-18-39-19-16-33/h3-7,9-12,20-21,28,36H,1,8,13-19H2,2H3/b29-27+. The molecule has 2 aliphatic rings. The largest absolute Gasteiger partial charge is 0.507 e. The van der Waals surface area contributed by atoms with E-state index < -0.39 is 17.7 Å². The lowest BCUT2D eigenvalue weighted by Crippen LogP contribution is -2.38. The fourth-order valence-electron chi connectivity index (χ4n) is 5.29. The zero-order chi connectivity index (χ0) is 28.1. The first kappa shape index (κ1) is 27.4. The molecule has 1 unspecified atom stereocenters. The van der Waals surface area contributed by atoms with Gasteiger partial charge in [0, 0.05) is 26.2 Å². The molecule has 5 rings (SSSR count).